The minimum Gasteiger partial charge on any atom is -0.313 e. The summed E-state index contributed by atoms with van der Waals surface area (Å²) in [5.41, 5.74) is 0. The minimum atomic E-state index is -3.61. The molecular weight excluding hydrogens is 319 g/mol. The Kier molecular flexibility index (Phi) is 5.31. The first-order chi connectivity index (χ1) is 9.46. The first-order valence-corrected chi connectivity index (χ1v) is 8.84. The molecule has 0 unspecified atom stereocenters. The summed E-state index contributed by atoms with van der Waals surface area (Å²) >= 11 is 12.0. The lowest BCUT2D eigenvalue weighted by Gasteiger charge is -2.24. The van der Waals surface area contributed by atoms with Crippen molar-refractivity contribution < 1.29 is 8.42 Å². The van der Waals surface area contributed by atoms with Gasteiger partial charge in [0.15, 0.2) is 0 Å². The zero-order valence-corrected chi connectivity index (χ0v) is 13.6. The van der Waals surface area contributed by atoms with Crippen molar-refractivity contribution in [2.75, 3.05) is 19.6 Å². The molecule has 1 heterocycles. The van der Waals surface area contributed by atoms with Gasteiger partial charge in [-0.3, -0.25) is 0 Å². The SMILES string of the molecule is CCN(C[C@H]1CCCN1)S(=O)(=O)c1cccc(Cl)c1Cl. The molecule has 0 spiro atoms. The molecule has 1 aromatic carbocycles. The van der Waals surface area contributed by atoms with Gasteiger partial charge in [0.2, 0.25) is 10.0 Å². The van der Waals surface area contributed by atoms with Gasteiger partial charge in [-0.15, -0.1) is 0 Å². The van der Waals surface area contributed by atoms with Crippen molar-refractivity contribution in [1.82, 2.24) is 9.62 Å². The highest BCUT2D eigenvalue weighted by molar-refractivity contribution is 7.89. The quantitative estimate of drug-likeness (QED) is 0.899. The fourth-order valence-corrected chi connectivity index (χ4v) is 4.61. The van der Waals surface area contributed by atoms with Crippen LogP contribution in [0, 0.1) is 0 Å². The molecule has 20 heavy (non-hydrogen) atoms. The topological polar surface area (TPSA) is 49.4 Å². The van der Waals surface area contributed by atoms with Crippen LogP contribution in [0.5, 0.6) is 0 Å². The third-order valence-electron chi connectivity index (χ3n) is 3.47. The summed E-state index contributed by atoms with van der Waals surface area (Å²) < 4.78 is 26.8. The number of nitrogens with zero attached hydrogens (tertiary/aromatic N) is 1. The van der Waals surface area contributed by atoms with Crippen LogP contribution >= 0.6 is 23.2 Å². The molecule has 7 heteroatoms. The molecule has 1 aliphatic heterocycles. The van der Waals surface area contributed by atoms with Gasteiger partial charge in [-0.05, 0) is 31.5 Å². The van der Waals surface area contributed by atoms with E-state index in [1.807, 2.05) is 6.92 Å². The summed E-state index contributed by atoms with van der Waals surface area (Å²) in [6.07, 6.45) is 2.08. The molecule has 112 valence electrons. The van der Waals surface area contributed by atoms with Crippen LogP contribution in [-0.4, -0.2) is 38.4 Å². The van der Waals surface area contributed by atoms with Gasteiger partial charge in [-0.1, -0.05) is 36.2 Å². The summed E-state index contributed by atoms with van der Waals surface area (Å²) in [6, 6.07) is 4.89. The van der Waals surface area contributed by atoms with Gasteiger partial charge in [-0.2, -0.15) is 4.31 Å². The Hall–Kier alpha value is -0.330. The molecule has 1 aromatic rings. The molecule has 2 rings (SSSR count). The molecule has 0 radical (unpaired) electrons. The summed E-state index contributed by atoms with van der Waals surface area (Å²) in [5, 5.41) is 3.65. The van der Waals surface area contributed by atoms with Crippen molar-refractivity contribution in [3.05, 3.63) is 28.2 Å². The third kappa shape index (κ3) is 3.28. The van der Waals surface area contributed by atoms with E-state index in [0.717, 1.165) is 19.4 Å². The lowest BCUT2D eigenvalue weighted by molar-refractivity contribution is 0.383. The maximum absolute atomic E-state index is 12.7. The smallest absolute Gasteiger partial charge is 0.244 e. The van der Waals surface area contributed by atoms with E-state index in [1.165, 1.54) is 10.4 Å². The van der Waals surface area contributed by atoms with E-state index >= 15 is 0 Å². The largest absolute Gasteiger partial charge is 0.313 e. The Morgan fingerprint density at radius 2 is 2.15 bits per heavy atom. The normalized spacial score (nSPS) is 19.7. The van der Waals surface area contributed by atoms with Crippen molar-refractivity contribution in [2.45, 2.75) is 30.7 Å². The molecule has 0 bridgehead atoms. The van der Waals surface area contributed by atoms with Gasteiger partial charge in [0.05, 0.1) is 10.0 Å². The summed E-state index contributed by atoms with van der Waals surface area (Å²) in [5.74, 6) is 0. The van der Waals surface area contributed by atoms with Crippen molar-refractivity contribution in [2.24, 2.45) is 0 Å². The fourth-order valence-electron chi connectivity index (χ4n) is 2.38. The van der Waals surface area contributed by atoms with Crippen LogP contribution in [0.1, 0.15) is 19.8 Å². The maximum Gasteiger partial charge on any atom is 0.244 e. The summed E-state index contributed by atoms with van der Waals surface area (Å²) in [7, 11) is -3.61. The second-order valence-corrected chi connectivity index (χ2v) is 7.49. The molecule has 0 saturated carbocycles. The second-order valence-electron chi connectivity index (χ2n) is 4.80. The summed E-state index contributed by atoms with van der Waals surface area (Å²) in [6.45, 7) is 3.64. The predicted octanol–water partition coefficient (Wildman–Crippen LogP) is 2.76. The van der Waals surface area contributed by atoms with Gasteiger partial charge in [0.25, 0.3) is 0 Å². The molecule has 1 atom stereocenters. The Labute approximate surface area is 130 Å². The van der Waals surface area contributed by atoms with E-state index in [4.69, 9.17) is 23.2 Å². The Morgan fingerprint density at radius 3 is 2.75 bits per heavy atom. The highest BCUT2D eigenvalue weighted by atomic mass is 35.5. The van der Waals surface area contributed by atoms with Gasteiger partial charge in [0.1, 0.15) is 4.90 Å². The average molecular weight is 337 g/mol. The predicted molar refractivity (Wildman–Crippen MR) is 81.9 cm³/mol. The highest BCUT2D eigenvalue weighted by Gasteiger charge is 2.29. The molecule has 1 saturated heterocycles. The monoisotopic (exact) mass is 336 g/mol. The first-order valence-electron chi connectivity index (χ1n) is 6.64. The number of hydrogen-bond acceptors (Lipinski definition) is 3. The number of likely N-dealkylation sites (N-methyl/N-ethyl adjacent to an activating group) is 1. The van der Waals surface area contributed by atoms with Crippen LogP contribution in [0.15, 0.2) is 23.1 Å². The number of benzene rings is 1. The van der Waals surface area contributed by atoms with E-state index in [0.29, 0.717) is 13.1 Å². The molecule has 4 nitrogen and oxygen atoms in total. The number of hydrogen-bond donors (Lipinski definition) is 1. The Balaban J connectivity index is 2.28. The average Bonchev–Trinajstić information content (AvgIpc) is 2.91. The number of nitrogens with one attached hydrogen (secondary N) is 1. The maximum atomic E-state index is 12.7. The first kappa shape index (κ1) is 16.0. The number of halogens is 2. The van der Waals surface area contributed by atoms with Crippen molar-refractivity contribution >= 4 is 33.2 Å². The third-order valence-corrected chi connectivity index (χ3v) is 6.39. The van der Waals surface area contributed by atoms with Gasteiger partial charge < -0.3 is 5.32 Å². The van der Waals surface area contributed by atoms with E-state index in [1.54, 1.807) is 12.1 Å². The zero-order chi connectivity index (χ0) is 14.8. The van der Waals surface area contributed by atoms with Crippen LogP contribution in [0.3, 0.4) is 0 Å². The molecule has 1 aliphatic rings. The molecule has 0 amide bonds. The van der Waals surface area contributed by atoms with Crippen LogP contribution < -0.4 is 5.32 Å². The van der Waals surface area contributed by atoms with E-state index in [2.05, 4.69) is 5.32 Å². The molecule has 1 fully saturated rings. The standard InChI is InChI=1S/C13H18Cl2N2O2S/c1-2-17(9-10-5-4-8-16-10)20(18,19)12-7-3-6-11(14)13(12)15/h3,6-7,10,16H,2,4-5,8-9H2,1H3/t10-/m1/s1. The van der Waals surface area contributed by atoms with Crippen molar-refractivity contribution in [3.63, 3.8) is 0 Å². The lowest BCUT2D eigenvalue weighted by Crippen LogP contribution is -2.41. The second kappa shape index (κ2) is 6.62. The van der Waals surface area contributed by atoms with Crippen LogP contribution in [0.25, 0.3) is 0 Å². The van der Waals surface area contributed by atoms with Gasteiger partial charge in [0, 0.05) is 19.1 Å². The van der Waals surface area contributed by atoms with Crippen LogP contribution in [0.4, 0.5) is 0 Å². The zero-order valence-electron chi connectivity index (χ0n) is 11.3. The molecule has 1 N–H and O–H groups in total. The summed E-state index contributed by atoms with van der Waals surface area (Å²) in [4.78, 5) is 0.0755. The van der Waals surface area contributed by atoms with Crippen LogP contribution in [0.2, 0.25) is 10.0 Å². The van der Waals surface area contributed by atoms with Crippen LogP contribution in [-0.2, 0) is 10.0 Å². The van der Waals surface area contributed by atoms with E-state index in [9.17, 15) is 8.42 Å². The van der Waals surface area contributed by atoms with Crippen molar-refractivity contribution in [3.8, 4) is 0 Å². The van der Waals surface area contributed by atoms with E-state index in [-0.39, 0.29) is 21.0 Å². The highest BCUT2D eigenvalue weighted by Crippen LogP contribution is 2.31. The fraction of sp³-hybridized carbons (Fsp3) is 0.538. The molecular formula is C13H18Cl2N2O2S. The molecule has 0 aliphatic carbocycles. The Morgan fingerprint density at radius 1 is 1.40 bits per heavy atom. The molecule has 0 aromatic heterocycles. The Bertz CT molecular complexity index is 572. The number of rotatable bonds is 5. The number of sulfonamides is 1. The van der Waals surface area contributed by atoms with E-state index < -0.39 is 10.0 Å². The van der Waals surface area contributed by atoms with Gasteiger partial charge >= 0.3 is 0 Å². The lowest BCUT2D eigenvalue weighted by atomic mass is 10.2. The van der Waals surface area contributed by atoms with Crippen molar-refractivity contribution in [1.29, 1.82) is 0 Å². The van der Waals surface area contributed by atoms with Gasteiger partial charge in [-0.25, -0.2) is 8.42 Å². The minimum absolute atomic E-state index is 0.0755.